The number of fused-ring (bicyclic) bond motifs is 8. The molecule has 3 aromatic heterocycles. The minimum absolute atomic E-state index is 1.09. The molecule has 78 heavy (non-hydrogen) atoms. The molecular formula is C74H50N4. The Morgan fingerprint density at radius 3 is 1.26 bits per heavy atom. The van der Waals surface area contributed by atoms with Crippen LogP contribution in [-0.4, -0.2) is 13.7 Å². The van der Waals surface area contributed by atoms with Gasteiger partial charge >= 0.3 is 0 Å². The smallest absolute Gasteiger partial charge is 0.0635 e. The summed E-state index contributed by atoms with van der Waals surface area (Å²) in [4.78, 5) is 2.34. The predicted octanol–water partition coefficient (Wildman–Crippen LogP) is 20.0. The van der Waals surface area contributed by atoms with E-state index in [1.54, 1.807) is 0 Å². The first-order chi connectivity index (χ1) is 38.7. The van der Waals surface area contributed by atoms with E-state index in [0.29, 0.717) is 0 Å². The van der Waals surface area contributed by atoms with Crippen molar-refractivity contribution in [2.75, 3.05) is 4.90 Å². The van der Waals surface area contributed by atoms with Crippen molar-refractivity contribution in [3.8, 4) is 61.6 Å². The molecule has 15 rings (SSSR count). The van der Waals surface area contributed by atoms with Gasteiger partial charge in [0, 0.05) is 61.6 Å². The molecule has 0 saturated carbocycles. The summed E-state index contributed by atoms with van der Waals surface area (Å²) in [5.41, 5.74) is 22.1. The third kappa shape index (κ3) is 7.61. The Labute approximate surface area is 452 Å². The summed E-state index contributed by atoms with van der Waals surface area (Å²) in [6.07, 6.45) is 2.26. The highest BCUT2D eigenvalue weighted by Gasteiger charge is 2.22. The second-order valence-electron chi connectivity index (χ2n) is 20.1. The van der Waals surface area contributed by atoms with Gasteiger partial charge in [-0.3, -0.25) is 0 Å². The molecule has 0 aliphatic rings. The van der Waals surface area contributed by atoms with Crippen molar-refractivity contribution in [2.45, 2.75) is 0 Å². The highest BCUT2D eigenvalue weighted by molar-refractivity contribution is 6.19. The monoisotopic (exact) mass is 994 g/mol. The summed E-state index contributed by atoms with van der Waals surface area (Å²) < 4.78 is 7.27. The van der Waals surface area contributed by atoms with Crippen LogP contribution in [0.1, 0.15) is 0 Å². The summed E-state index contributed by atoms with van der Waals surface area (Å²) in [6, 6.07) is 108. The highest BCUT2D eigenvalue weighted by atomic mass is 15.1. The standard InChI is InChI=1S/C74H50N4/c1-5-16-51(17-6-1)54-28-37-60(38-29-54)76(61-39-30-55(31-40-61)52-18-7-2-8-19-52)62-41-32-56(33-42-62)57-34-43-63(44-35-57)77-70-46-36-58(53-20-9-3-10-21-53)50-67(70)73-71(26-15-27-72(73)77)75-49-48-66-68(75)47-45-65-64-24-13-14-25-69(64)78(74(65)66)59-22-11-4-12-23-59/h1-50H. The number of aromatic nitrogens is 3. The lowest BCUT2D eigenvalue weighted by Gasteiger charge is -2.26. The first-order valence-electron chi connectivity index (χ1n) is 26.7. The zero-order valence-electron chi connectivity index (χ0n) is 42.7. The van der Waals surface area contributed by atoms with Gasteiger partial charge in [0.05, 0.1) is 33.3 Å². The molecule has 0 aliphatic carbocycles. The first kappa shape index (κ1) is 45.0. The number of hydrogen-bond donors (Lipinski definition) is 0. The Kier molecular flexibility index (Phi) is 10.8. The van der Waals surface area contributed by atoms with E-state index in [4.69, 9.17) is 0 Å². The van der Waals surface area contributed by atoms with Gasteiger partial charge in [0.25, 0.3) is 0 Å². The van der Waals surface area contributed by atoms with Crippen LogP contribution in [0.2, 0.25) is 0 Å². The zero-order valence-corrected chi connectivity index (χ0v) is 42.7. The second-order valence-corrected chi connectivity index (χ2v) is 20.1. The molecule has 0 aliphatic heterocycles. The quantitative estimate of drug-likeness (QED) is 0.134. The number of rotatable bonds is 10. The number of benzene rings is 12. The summed E-state index contributed by atoms with van der Waals surface area (Å²) in [6.45, 7) is 0. The van der Waals surface area contributed by atoms with Crippen LogP contribution >= 0.6 is 0 Å². The van der Waals surface area contributed by atoms with E-state index < -0.39 is 0 Å². The van der Waals surface area contributed by atoms with Crippen molar-refractivity contribution in [3.63, 3.8) is 0 Å². The van der Waals surface area contributed by atoms with Gasteiger partial charge in [-0.05, 0) is 148 Å². The fraction of sp³-hybridized carbons (Fsp3) is 0. The predicted molar refractivity (Wildman–Crippen MR) is 328 cm³/mol. The molecule has 15 aromatic rings. The van der Waals surface area contributed by atoms with Crippen LogP contribution < -0.4 is 4.90 Å². The molecule has 0 radical (unpaired) electrons. The molecular weight excluding hydrogens is 945 g/mol. The normalized spacial score (nSPS) is 11.6. The number of para-hydroxylation sites is 2. The minimum Gasteiger partial charge on any atom is -0.316 e. The third-order valence-corrected chi connectivity index (χ3v) is 15.7. The fourth-order valence-electron chi connectivity index (χ4n) is 12.0. The molecule has 0 bridgehead atoms. The first-order valence-corrected chi connectivity index (χ1v) is 26.7. The van der Waals surface area contributed by atoms with Gasteiger partial charge in [-0.25, -0.2) is 0 Å². The van der Waals surface area contributed by atoms with Gasteiger partial charge in [-0.2, -0.15) is 0 Å². The highest BCUT2D eigenvalue weighted by Crippen LogP contribution is 2.43. The zero-order chi connectivity index (χ0) is 51.5. The molecule has 0 spiro atoms. The van der Waals surface area contributed by atoms with Crippen LogP contribution in [0, 0.1) is 0 Å². The Morgan fingerprint density at radius 1 is 0.244 bits per heavy atom. The van der Waals surface area contributed by atoms with Crippen molar-refractivity contribution in [1.82, 2.24) is 13.7 Å². The van der Waals surface area contributed by atoms with Crippen molar-refractivity contribution >= 4 is 71.6 Å². The molecule has 0 fully saturated rings. The van der Waals surface area contributed by atoms with Crippen LogP contribution in [0.25, 0.3) is 116 Å². The average Bonchev–Trinajstić information content (AvgIpc) is 4.27. The van der Waals surface area contributed by atoms with E-state index in [-0.39, 0.29) is 0 Å². The summed E-state index contributed by atoms with van der Waals surface area (Å²) in [5, 5.41) is 6.13. The summed E-state index contributed by atoms with van der Waals surface area (Å²) in [7, 11) is 0. The molecule has 0 amide bonds. The van der Waals surface area contributed by atoms with Crippen LogP contribution in [0.3, 0.4) is 0 Å². The van der Waals surface area contributed by atoms with E-state index in [2.05, 4.69) is 322 Å². The summed E-state index contributed by atoms with van der Waals surface area (Å²) >= 11 is 0. The van der Waals surface area contributed by atoms with Crippen LogP contribution in [0.4, 0.5) is 17.1 Å². The second kappa shape index (κ2) is 18.7. The molecule has 0 saturated heterocycles. The van der Waals surface area contributed by atoms with E-state index in [0.717, 1.165) is 61.8 Å². The van der Waals surface area contributed by atoms with Crippen molar-refractivity contribution < 1.29 is 0 Å². The van der Waals surface area contributed by atoms with Crippen molar-refractivity contribution in [3.05, 3.63) is 303 Å². The Bertz CT molecular complexity index is 4570. The van der Waals surface area contributed by atoms with Gasteiger partial charge in [0.15, 0.2) is 0 Å². The fourth-order valence-corrected chi connectivity index (χ4v) is 12.0. The summed E-state index contributed by atoms with van der Waals surface area (Å²) in [5.74, 6) is 0. The number of nitrogens with zero attached hydrogens (tertiary/aromatic N) is 4. The number of hydrogen-bond acceptors (Lipinski definition) is 1. The third-order valence-electron chi connectivity index (χ3n) is 15.7. The molecule has 0 unspecified atom stereocenters. The SMILES string of the molecule is c1ccc(-c2ccc(N(c3ccc(-c4ccccc4)cc3)c3ccc(-c4ccc(-n5c6ccc(-c7ccccc7)cc6c6c(-n7ccc8c7ccc7c9ccccc9n(-c9ccccc9)c78)cccc65)cc4)cc3)cc2)cc1. The van der Waals surface area contributed by atoms with E-state index in [1.807, 2.05) is 0 Å². The molecule has 3 heterocycles. The van der Waals surface area contributed by atoms with Gasteiger partial charge in [0.2, 0.25) is 0 Å². The number of anilines is 3. The van der Waals surface area contributed by atoms with Crippen molar-refractivity contribution in [2.24, 2.45) is 0 Å². The van der Waals surface area contributed by atoms with Gasteiger partial charge in [0.1, 0.15) is 0 Å². The Morgan fingerprint density at radius 2 is 0.679 bits per heavy atom. The van der Waals surface area contributed by atoms with E-state index in [9.17, 15) is 0 Å². The van der Waals surface area contributed by atoms with Crippen LogP contribution in [0.5, 0.6) is 0 Å². The lowest BCUT2D eigenvalue weighted by atomic mass is 10.0. The molecule has 4 nitrogen and oxygen atoms in total. The maximum absolute atomic E-state index is 2.44. The maximum atomic E-state index is 2.44. The van der Waals surface area contributed by atoms with E-state index >= 15 is 0 Å². The molecule has 4 heteroatoms. The van der Waals surface area contributed by atoms with Crippen molar-refractivity contribution in [1.29, 1.82) is 0 Å². The van der Waals surface area contributed by atoms with Crippen LogP contribution in [0.15, 0.2) is 303 Å². The van der Waals surface area contributed by atoms with E-state index in [1.165, 1.54) is 71.3 Å². The lowest BCUT2D eigenvalue weighted by molar-refractivity contribution is 1.14. The maximum Gasteiger partial charge on any atom is 0.0635 e. The molecule has 0 N–H and O–H groups in total. The largest absolute Gasteiger partial charge is 0.316 e. The topological polar surface area (TPSA) is 18.0 Å². The lowest BCUT2D eigenvalue weighted by Crippen LogP contribution is -2.09. The van der Waals surface area contributed by atoms with Gasteiger partial charge in [-0.1, -0.05) is 194 Å². The van der Waals surface area contributed by atoms with Crippen LogP contribution in [-0.2, 0) is 0 Å². The average molecular weight is 995 g/mol. The molecule has 366 valence electrons. The van der Waals surface area contributed by atoms with Gasteiger partial charge in [-0.15, -0.1) is 0 Å². The Balaban J connectivity index is 0.822. The molecule has 12 aromatic carbocycles. The molecule has 0 atom stereocenters. The minimum atomic E-state index is 1.09. The Hall–Kier alpha value is -10.4. The van der Waals surface area contributed by atoms with Gasteiger partial charge < -0.3 is 18.6 Å².